The predicted octanol–water partition coefficient (Wildman–Crippen LogP) is 1.93. The summed E-state index contributed by atoms with van der Waals surface area (Å²) in [7, 11) is 0. The lowest BCUT2D eigenvalue weighted by Crippen LogP contribution is -2.30. The van der Waals surface area contributed by atoms with E-state index in [1.54, 1.807) is 0 Å². The Bertz CT molecular complexity index is 158. The van der Waals surface area contributed by atoms with Crippen LogP contribution in [0.25, 0.3) is 0 Å². The van der Waals surface area contributed by atoms with E-state index >= 15 is 0 Å². The molecule has 0 atom stereocenters. The monoisotopic (exact) mass is 214 g/mol. The van der Waals surface area contributed by atoms with Crippen molar-refractivity contribution in [2.45, 2.75) is 46.5 Å². The average molecular weight is 214 g/mol. The fourth-order valence-corrected chi connectivity index (χ4v) is 1.23. The highest BCUT2D eigenvalue weighted by molar-refractivity contribution is 5.76. The molecule has 0 rings (SSSR count). The SMILES string of the molecule is CCCCCNCCC(=O)NCC(C)C. The summed E-state index contributed by atoms with van der Waals surface area (Å²) in [6, 6.07) is 0. The van der Waals surface area contributed by atoms with Crippen LogP contribution in [0.2, 0.25) is 0 Å². The molecule has 3 heteroatoms. The fraction of sp³-hybridized carbons (Fsp3) is 0.917. The molecule has 0 aromatic rings. The molecule has 3 nitrogen and oxygen atoms in total. The molecule has 0 heterocycles. The Hall–Kier alpha value is -0.570. The second-order valence-electron chi connectivity index (χ2n) is 4.41. The normalized spacial score (nSPS) is 10.7. The summed E-state index contributed by atoms with van der Waals surface area (Å²) < 4.78 is 0. The van der Waals surface area contributed by atoms with Gasteiger partial charge in [-0.05, 0) is 18.9 Å². The van der Waals surface area contributed by atoms with Gasteiger partial charge in [0.05, 0.1) is 0 Å². The van der Waals surface area contributed by atoms with E-state index in [9.17, 15) is 4.79 Å². The highest BCUT2D eigenvalue weighted by Crippen LogP contribution is 1.91. The largest absolute Gasteiger partial charge is 0.356 e. The van der Waals surface area contributed by atoms with Crippen LogP contribution in [-0.4, -0.2) is 25.5 Å². The molecule has 0 unspecified atom stereocenters. The van der Waals surface area contributed by atoms with Gasteiger partial charge in [0.2, 0.25) is 5.91 Å². The maximum atomic E-state index is 11.3. The Morgan fingerprint density at radius 2 is 1.93 bits per heavy atom. The second kappa shape index (κ2) is 9.97. The first kappa shape index (κ1) is 14.4. The van der Waals surface area contributed by atoms with Gasteiger partial charge < -0.3 is 10.6 Å². The quantitative estimate of drug-likeness (QED) is 0.576. The molecule has 0 aliphatic heterocycles. The van der Waals surface area contributed by atoms with Crippen molar-refractivity contribution in [3.05, 3.63) is 0 Å². The molecule has 15 heavy (non-hydrogen) atoms. The number of carbonyl (C=O) groups excluding carboxylic acids is 1. The zero-order valence-corrected chi connectivity index (χ0v) is 10.4. The van der Waals surface area contributed by atoms with E-state index in [4.69, 9.17) is 0 Å². The van der Waals surface area contributed by atoms with Gasteiger partial charge in [0.15, 0.2) is 0 Å². The summed E-state index contributed by atoms with van der Waals surface area (Å²) in [5, 5.41) is 6.18. The van der Waals surface area contributed by atoms with Crippen LogP contribution in [0.15, 0.2) is 0 Å². The number of unbranched alkanes of at least 4 members (excludes halogenated alkanes) is 2. The number of amides is 1. The van der Waals surface area contributed by atoms with Gasteiger partial charge >= 0.3 is 0 Å². The van der Waals surface area contributed by atoms with Crippen molar-refractivity contribution in [3.63, 3.8) is 0 Å². The average Bonchev–Trinajstić information content (AvgIpc) is 2.20. The Morgan fingerprint density at radius 3 is 2.53 bits per heavy atom. The highest BCUT2D eigenvalue weighted by Gasteiger charge is 2.00. The molecule has 1 amide bonds. The number of carbonyl (C=O) groups is 1. The summed E-state index contributed by atoms with van der Waals surface area (Å²) in [6.07, 6.45) is 4.33. The van der Waals surface area contributed by atoms with Gasteiger partial charge in [-0.1, -0.05) is 33.6 Å². The molecule has 0 aliphatic carbocycles. The topological polar surface area (TPSA) is 41.1 Å². The zero-order valence-electron chi connectivity index (χ0n) is 10.4. The minimum Gasteiger partial charge on any atom is -0.356 e. The lowest BCUT2D eigenvalue weighted by atomic mass is 10.2. The van der Waals surface area contributed by atoms with Crippen LogP contribution in [0.5, 0.6) is 0 Å². The van der Waals surface area contributed by atoms with Crippen molar-refractivity contribution in [3.8, 4) is 0 Å². The highest BCUT2D eigenvalue weighted by atomic mass is 16.1. The Morgan fingerprint density at radius 1 is 1.20 bits per heavy atom. The maximum Gasteiger partial charge on any atom is 0.221 e. The van der Waals surface area contributed by atoms with Gasteiger partial charge in [-0.3, -0.25) is 4.79 Å². The minimum absolute atomic E-state index is 0.159. The van der Waals surface area contributed by atoms with Gasteiger partial charge in [-0.25, -0.2) is 0 Å². The predicted molar refractivity (Wildman–Crippen MR) is 64.9 cm³/mol. The van der Waals surface area contributed by atoms with Crippen LogP contribution in [-0.2, 0) is 4.79 Å². The summed E-state index contributed by atoms with van der Waals surface area (Å²) in [6.45, 7) is 9.01. The van der Waals surface area contributed by atoms with Crippen LogP contribution in [0, 0.1) is 5.92 Å². The molecule has 2 N–H and O–H groups in total. The Labute approximate surface area is 94.0 Å². The van der Waals surface area contributed by atoms with Gasteiger partial charge in [0.1, 0.15) is 0 Å². The van der Waals surface area contributed by atoms with Crippen LogP contribution in [0.4, 0.5) is 0 Å². The molecular weight excluding hydrogens is 188 g/mol. The molecule has 0 aromatic carbocycles. The van der Waals surface area contributed by atoms with E-state index in [-0.39, 0.29) is 5.91 Å². The standard InChI is InChI=1S/C12H26N2O/c1-4-5-6-8-13-9-7-12(15)14-10-11(2)3/h11,13H,4-10H2,1-3H3,(H,14,15). The number of hydrogen-bond acceptors (Lipinski definition) is 2. The minimum atomic E-state index is 0.159. The molecule has 0 saturated heterocycles. The molecule has 0 fully saturated rings. The van der Waals surface area contributed by atoms with Gasteiger partial charge in [-0.15, -0.1) is 0 Å². The number of nitrogens with one attached hydrogen (secondary N) is 2. The van der Waals surface area contributed by atoms with Crippen molar-refractivity contribution in [1.29, 1.82) is 0 Å². The molecule has 0 saturated carbocycles. The third-order valence-electron chi connectivity index (χ3n) is 2.19. The molecule has 0 spiro atoms. The summed E-state index contributed by atoms with van der Waals surface area (Å²) >= 11 is 0. The molecule has 0 aromatic heterocycles. The summed E-state index contributed by atoms with van der Waals surface area (Å²) in [5.74, 6) is 0.693. The van der Waals surface area contributed by atoms with Gasteiger partial charge in [0, 0.05) is 19.5 Å². The molecular formula is C12H26N2O. The first-order chi connectivity index (χ1) is 7.16. The van der Waals surface area contributed by atoms with Crippen molar-refractivity contribution in [2.75, 3.05) is 19.6 Å². The van der Waals surface area contributed by atoms with E-state index in [2.05, 4.69) is 31.4 Å². The number of hydrogen-bond donors (Lipinski definition) is 2. The lowest BCUT2D eigenvalue weighted by Gasteiger charge is -2.08. The van der Waals surface area contributed by atoms with Crippen LogP contribution >= 0.6 is 0 Å². The molecule has 90 valence electrons. The first-order valence-corrected chi connectivity index (χ1v) is 6.14. The van der Waals surface area contributed by atoms with Crippen molar-refractivity contribution < 1.29 is 4.79 Å². The van der Waals surface area contributed by atoms with E-state index in [0.29, 0.717) is 12.3 Å². The third kappa shape index (κ3) is 11.4. The van der Waals surface area contributed by atoms with Crippen molar-refractivity contribution >= 4 is 5.91 Å². The van der Waals surface area contributed by atoms with Gasteiger partial charge in [0.25, 0.3) is 0 Å². The van der Waals surface area contributed by atoms with E-state index in [0.717, 1.165) is 19.6 Å². The third-order valence-corrected chi connectivity index (χ3v) is 2.19. The van der Waals surface area contributed by atoms with E-state index in [1.807, 2.05) is 0 Å². The Kier molecular flexibility index (Phi) is 9.59. The van der Waals surface area contributed by atoms with Gasteiger partial charge in [-0.2, -0.15) is 0 Å². The van der Waals surface area contributed by atoms with E-state index < -0.39 is 0 Å². The lowest BCUT2D eigenvalue weighted by molar-refractivity contribution is -0.121. The van der Waals surface area contributed by atoms with E-state index in [1.165, 1.54) is 19.3 Å². The van der Waals surface area contributed by atoms with Crippen LogP contribution in [0.1, 0.15) is 46.5 Å². The molecule has 0 radical (unpaired) electrons. The van der Waals surface area contributed by atoms with Crippen molar-refractivity contribution in [1.82, 2.24) is 10.6 Å². The second-order valence-corrected chi connectivity index (χ2v) is 4.41. The van der Waals surface area contributed by atoms with Crippen molar-refractivity contribution in [2.24, 2.45) is 5.92 Å². The summed E-state index contributed by atoms with van der Waals surface area (Å²) in [5.41, 5.74) is 0. The molecule has 0 bridgehead atoms. The summed E-state index contributed by atoms with van der Waals surface area (Å²) in [4.78, 5) is 11.3. The smallest absolute Gasteiger partial charge is 0.221 e. The maximum absolute atomic E-state index is 11.3. The number of rotatable bonds is 9. The van der Waals surface area contributed by atoms with Crippen LogP contribution < -0.4 is 10.6 Å². The molecule has 0 aliphatic rings. The fourth-order valence-electron chi connectivity index (χ4n) is 1.23. The Balaban J connectivity index is 3.17. The zero-order chi connectivity index (χ0) is 11.5. The first-order valence-electron chi connectivity index (χ1n) is 6.14. The van der Waals surface area contributed by atoms with Crippen LogP contribution in [0.3, 0.4) is 0 Å².